The Kier molecular flexibility index (Phi) is 2.75. The number of allylic oxidation sites excluding steroid dienone is 2. The van der Waals surface area contributed by atoms with E-state index < -0.39 is 12.1 Å². The zero-order chi connectivity index (χ0) is 10.8. The third-order valence-corrected chi connectivity index (χ3v) is 2.51. The van der Waals surface area contributed by atoms with Gasteiger partial charge >= 0.3 is 0 Å². The predicted molar refractivity (Wildman–Crippen MR) is 53.8 cm³/mol. The summed E-state index contributed by atoms with van der Waals surface area (Å²) < 4.78 is 18.9. The van der Waals surface area contributed by atoms with Gasteiger partial charge in [-0.3, -0.25) is 4.79 Å². The standard InChI is InChI=1S/C11H14FNO2/c1-13-11(14)9-6-8(4-5-10(9)12)15-7-2-3-7/h4-7,9-10H,2-3H2,1H3,(H,13,14). The Bertz CT molecular complexity index is 321. The van der Waals surface area contributed by atoms with E-state index in [1.165, 1.54) is 13.1 Å². The molecule has 2 aliphatic rings. The van der Waals surface area contributed by atoms with Gasteiger partial charge in [-0.25, -0.2) is 4.39 Å². The number of nitrogens with one attached hydrogen (secondary N) is 1. The van der Waals surface area contributed by atoms with Crippen molar-refractivity contribution in [1.29, 1.82) is 0 Å². The first-order valence-electron chi connectivity index (χ1n) is 5.13. The van der Waals surface area contributed by atoms with Gasteiger partial charge in [-0.1, -0.05) is 0 Å². The Morgan fingerprint density at radius 2 is 2.33 bits per heavy atom. The van der Waals surface area contributed by atoms with Crippen molar-refractivity contribution in [2.45, 2.75) is 25.1 Å². The zero-order valence-corrected chi connectivity index (χ0v) is 8.57. The third kappa shape index (κ3) is 2.37. The van der Waals surface area contributed by atoms with E-state index in [2.05, 4.69) is 5.32 Å². The molecule has 1 fully saturated rings. The van der Waals surface area contributed by atoms with Crippen LogP contribution < -0.4 is 5.32 Å². The van der Waals surface area contributed by atoms with Gasteiger partial charge < -0.3 is 10.1 Å². The first kappa shape index (κ1) is 10.2. The van der Waals surface area contributed by atoms with Gasteiger partial charge in [0.15, 0.2) is 0 Å². The van der Waals surface area contributed by atoms with Gasteiger partial charge in [0, 0.05) is 7.05 Å². The molecule has 0 aromatic rings. The van der Waals surface area contributed by atoms with E-state index in [-0.39, 0.29) is 12.0 Å². The Morgan fingerprint density at radius 1 is 1.60 bits per heavy atom. The second kappa shape index (κ2) is 4.04. The molecule has 0 aliphatic heterocycles. The molecule has 2 rings (SSSR count). The topological polar surface area (TPSA) is 38.3 Å². The lowest BCUT2D eigenvalue weighted by atomic mass is 9.97. The number of ether oxygens (including phenoxy) is 1. The number of alkyl halides is 1. The first-order valence-corrected chi connectivity index (χ1v) is 5.13. The van der Waals surface area contributed by atoms with E-state index in [4.69, 9.17) is 4.74 Å². The summed E-state index contributed by atoms with van der Waals surface area (Å²) in [4.78, 5) is 11.3. The maximum atomic E-state index is 13.4. The van der Waals surface area contributed by atoms with Crippen LogP contribution in [-0.4, -0.2) is 25.2 Å². The average molecular weight is 211 g/mol. The quantitative estimate of drug-likeness (QED) is 0.764. The number of rotatable bonds is 3. The van der Waals surface area contributed by atoms with Crippen molar-refractivity contribution >= 4 is 5.91 Å². The molecule has 0 heterocycles. The van der Waals surface area contributed by atoms with E-state index in [0.29, 0.717) is 5.76 Å². The Hall–Kier alpha value is -1.32. The van der Waals surface area contributed by atoms with Crippen molar-refractivity contribution in [3.05, 3.63) is 24.0 Å². The van der Waals surface area contributed by atoms with Crippen LogP contribution in [-0.2, 0) is 9.53 Å². The molecule has 0 aromatic heterocycles. The number of hydrogen-bond donors (Lipinski definition) is 1. The van der Waals surface area contributed by atoms with Crippen LogP contribution in [0.15, 0.2) is 24.0 Å². The smallest absolute Gasteiger partial charge is 0.230 e. The summed E-state index contributed by atoms with van der Waals surface area (Å²) in [6.45, 7) is 0. The Balaban J connectivity index is 2.05. The maximum Gasteiger partial charge on any atom is 0.230 e. The van der Waals surface area contributed by atoms with Gasteiger partial charge in [-0.05, 0) is 31.1 Å². The van der Waals surface area contributed by atoms with Crippen LogP contribution in [0.2, 0.25) is 0 Å². The lowest BCUT2D eigenvalue weighted by Crippen LogP contribution is -2.33. The summed E-state index contributed by atoms with van der Waals surface area (Å²) >= 11 is 0. The highest BCUT2D eigenvalue weighted by atomic mass is 19.1. The lowest BCUT2D eigenvalue weighted by molar-refractivity contribution is -0.124. The minimum atomic E-state index is -1.25. The molecular formula is C11H14FNO2. The molecule has 1 amide bonds. The fourth-order valence-corrected chi connectivity index (χ4v) is 1.47. The van der Waals surface area contributed by atoms with Crippen molar-refractivity contribution in [2.24, 2.45) is 5.92 Å². The van der Waals surface area contributed by atoms with Crippen LogP contribution in [0.25, 0.3) is 0 Å². The maximum absolute atomic E-state index is 13.4. The molecule has 0 saturated heterocycles. The van der Waals surface area contributed by atoms with E-state index in [0.717, 1.165) is 12.8 Å². The molecular weight excluding hydrogens is 197 g/mol. The van der Waals surface area contributed by atoms with Crippen molar-refractivity contribution in [2.75, 3.05) is 7.05 Å². The van der Waals surface area contributed by atoms with Crippen molar-refractivity contribution in [3.63, 3.8) is 0 Å². The highest BCUT2D eigenvalue weighted by Gasteiger charge is 2.30. The zero-order valence-electron chi connectivity index (χ0n) is 8.57. The van der Waals surface area contributed by atoms with Crippen molar-refractivity contribution in [1.82, 2.24) is 5.32 Å². The van der Waals surface area contributed by atoms with Gasteiger partial charge in [0.05, 0.1) is 12.0 Å². The second-order valence-corrected chi connectivity index (χ2v) is 3.83. The highest BCUT2D eigenvalue weighted by molar-refractivity contribution is 5.81. The minimum absolute atomic E-state index is 0.266. The Labute approximate surface area is 88.0 Å². The summed E-state index contributed by atoms with van der Waals surface area (Å²) in [6, 6.07) is 0. The molecule has 0 spiro atoms. The lowest BCUT2D eigenvalue weighted by Gasteiger charge is -2.19. The van der Waals surface area contributed by atoms with Crippen LogP contribution in [0.5, 0.6) is 0 Å². The number of halogens is 1. The molecule has 4 heteroatoms. The van der Waals surface area contributed by atoms with E-state index in [9.17, 15) is 9.18 Å². The molecule has 82 valence electrons. The van der Waals surface area contributed by atoms with Crippen LogP contribution in [0.4, 0.5) is 4.39 Å². The van der Waals surface area contributed by atoms with Crippen molar-refractivity contribution < 1.29 is 13.9 Å². The number of amides is 1. The molecule has 3 nitrogen and oxygen atoms in total. The largest absolute Gasteiger partial charge is 0.491 e. The molecule has 0 bridgehead atoms. The molecule has 0 aromatic carbocycles. The number of carbonyl (C=O) groups is 1. The SMILES string of the molecule is CNC(=O)C1C=C(OC2CC2)C=CC1F. The average Bonchev–Trinajstić information content (AvgIpc) is 3.04. The van der Waals surface area contributed by atoms with Gasteiger partial charge in [0.2, 0.25) is 5.91 Å². The third-order valence-electron chi connectivity index (χ3n) is 2.51. The fourth-order valence-electron chi connectivity index (χ4n) is 1.47. The second-order valence-electron chi connectivity index (χ2n) is 3.83. The molecule has 2 unspecified atom stereocenters. The van der Waals surface area contributed by atoms with Crippen LogP contribution in [0.1, 0.15) is 12.8 Å². The number of carbonyl (C=O) groups excluding carboxylic acids is 1. The monoisotopic (exact) mass is 211 g/mol. The van der Waals surface area contributed by atoms with E-state index >= 15 is 0 Å². The molecule has 2 atom stereocenters. The molecule has 1 N–H and O–H groups in total. The molecule has 1 saturated carbocycles. The highest BCUT2D eigenvalue weighted by Crippen LogP contribution is 2.29. The van der Waals surface area contributed by atoms with E-state index in [1.54, 1.807) is 12.2 Å². The van der Waals surface area contributed by atoms with Crippen LogP contribution in [0.3, 0.4) is 0 Å². The molecule has 0 radical (unpaired) electrons. The fraction of sp³-hybridized carbons (Fsp3) is 0.545. The normalized spacial score (nSPS) is 29.6. The van der Waals surface area contributed by atoms with Gasteiger partial charge in [-0.2, -0.15) is 0 Å². The predicted octanol–water partition coefficient (Wildman–Crippen LogP) is 1.32. The van der Waals surface area contributed by atoms with Gasteiger partial charge in [0.1, 0.15) is 11.9 Å². The van der Waals surface area contributed by atoms with Crippen molar-refractivity contribution in [3.8, 4) is 0 Å². The van der Waals surface area contributed by atoms with Crippen LogP contribution in [0, 0.1) is 5.92 Å². The van der Waals surface area contributed by atoms with Gasteiger partial charge in [0.25, 0.3) is 0 Å². The summed E-state index contributed by atoms with van der Waals surface area (Å²) in [5.41, 5.74) is 0. The minimum Gasteiger partial charge on any atom is -0.491 e. The Morgan fingerprint density at radius 3 is 2.93 bits per heavy atom. The van der Waals surface area contributed by atoms with E-state index in [1.807, 2.05) is 0 Å². The van der Waals surface area contributed by atoms with Gasteiger partial charge in [-0.15, -0.1) is 0 Å². The molecule has 2 aliphatic carbocycles. The molecule has 15 heavy (non-hydrogen) atoms. The van der Waals surface area contributed by atoms with Crippen LogP contribution >= 0.6 is 0 Å². The summed E-state index contributed by atoms with van der Waals surface area (Å²) in [5, 5.41) is 2.44. The summed E-state index contributed by atoms with van der Waals surface area (Å²) in [7, 11) is 1.50. The first-order chi connectivity index (χ1) is 7.20. The summed E-state index contributed by atoms with van der Waals surface area (Å²) in [5.74, 6) is -0.461. The summed E-state index contributed by atoms with van der Waals surface area (Å²) in [6.07, 6.45) is 5.64. The number of hydrogen-bond acceptors (Lipinski definition) is 2.